The zero-order valence-corrected chi connectivity index (χ0v) is 12.0. The molecule has 0 spiro atoms. The molecule has 1 atom stereocenters. The van der Waals surface area contributed by atoms with Gasteiger partial charge in [0.05, 0.1) is 18.4 Å². The molecule has 0 aliphatic heterocycles. The number of furan rings is 1. The molecule has 1 unspecified atom stereocenters. The predicted octanol–water partition coefficient (Wildman–Crippen LogP) is 4.36. The van der Waals surface area contributed by atoms with Crippen LogP contribution in [0.15, 0.2) is 47.1 Å². The summed E-state index contributed by atoms with van der Waals surface area (Å²) in [6.45, 7) is 2.62. The van der Waals surface area contributed by atoms with Crippen LogP contribution in [-0.2, 0) is 19.1 Å². The van der Waals surface area contributed by atoms with Gasteiger partial charge >= 0.3 is 6.18 Å². The van der Waals surface area contributed by atoms with Crippen molar-refractivity contribution < 1.29 is 17.6 Å². The summed E-state index contributed by atoms with van der Waals surface area (Å²) in [5.74, 6) is 0.841. The largest absolute Gasteiger partial charge is 0.468 e. The van der Waals surface area contributed by atoms with Gasteiger partial charge in [-0.05, 0) is 44.2 Å². The van der Waals surface area contributed by atoms with E-state index >= 15 is 0 Å². The molecule has 0 amide bonds. The molecule has 1 heterocycles. The second-order valence-corrected chi connectivity index (χ2v) is 5.25. The highest BCUT2D eigenvalue weighted by Gasteiger charge is 2.30. The molecule has 0 bridgehead atoms. The Morgan fingerprint density at radius 1 is 1.19 bits per heavy atom. The van der Waals surface area contributed by atoms with Gasteiger partial charge in [-0.1, -0.05) is 18.2 Å². The Kier molecular flexibility index (Phi) is 4.73. The standard InChI is InChI=1S/C16H18F3NO/c1-12(20(2)11-15-7-4-8-21-15)9-13-5-3-6-14(10-13)16(17,18)19/h3-8,10,12H,9,11H2,1-2H3. The van der Waals surface area contributed by atoms with Crippen molar-refractivity contribution in [1.29, 1.82) is 0 Å². The van der Waals surface area contributed by atoms with E-state index in [1.165, 1.54) is 12.1 Å². The highest BCUT2D eigenvalue weighted by molar-refractivity contribution is 5.26. The fourth-order valence-electron chi connectivity index (χ4n) is 2.18. The van der Waals surface area contributed by atoms with Crippen molar-refractivity contribution in [2.45, 2.75) is 32.1 Å². The van der Waals surface area contributed by atoms with E-state index in [1.54, 1.807) is 12.3 Å². The van der Waals surface area contributed by atoms with Crippen LogP contribution in [0.4, 0.5) is 13.2 Å². The van der Waals surface area contributed by atoms with Gasteiger partial charge in [0.25, 0.3) is 0 Å². The number of hydrogen-bond acceptors (Lipinski definition) is 2. The minimum Gasteiger partial charge on any atom is -0.468 e. The first-order chi connectivity index (χ1) is 9.86. The molecular formula is C16H18F3NO. The molecule has 0 saturated heterocycles. The molecule has 1 aromatic heterocycles. The van der Waals surface area contributed by atoms with E-state index in [1.807, 2.05) is 26.1 Å². The number of halogens is 3. The Morgan fingerprint density at radius 2 is 1.95 bits per heavy atom. The maximum absolute atomic E-state index is 12.7. The molecule has 2 aromatic rings. The van der Waals surface area contributed by atoms with Crippen molar-refractivity contribution >= 4 is 0 Å². The second kappa shape index (κ2) is 6.35. The van der Waals surface area contributed by atoms with E-state index in [4.69, 9.17) is 4.42 Å². The van der Waals surface area contributed by atoms with E-state index in [0.29, 0.717) is 18.5 Å². The van der Waals surface area contributed by atoms with Crippen LogP contribution in [0.5, 0.6) is 0 Å². The molecule has 1 aromatic carbocycles. The van der Waals surface area contributed by atoms with Crippen molar-refractivity contribution in [3.63, 3.8) is 0 Å². The normalized spacial score (nSPS) is 13.6. The van der Waals surface area contributed by atoms with Crippen LogP contribution in [-0.4, -0.2) is 18.0 Å². The monoisotopic (exact) mass is 297 g/mol. The van der Waals surface area contributed by atoms with Crippen molar-refractivity contribution in [2.75, 3.05) is 7.05 Å². The van der Waals surface area contributed by atoms with E-state index in [0.717, 1.165) is 11.8 Å². The number of rotatable bonds is 5. The maximum Gasteiger partial charge on any atom is 0.416 e. The molecule has 2 nitrogen and oxygen atoms in total. The van der Waals surface area contributed by atoms with Gasteiger partial charge in [-0.15, -0.1) is 0 Å². The zero-order chi connectivity index (χ0) is 15.5. The number of benzene rings is 1. The number of alkyl halides is 3. The lowest BCUT2D eigenvalue weighted by Crippen LogP contribution is -2.30. The van der Waals surface area contributed by atoms with E-state index in [9.17, 15) is 13.2 Å². The SMILES string of the molecule is CC(Cc1cccc(C(F)(F)F)c1)N(C)Cc1ccco1. The van der Waals surface area contributed by atoms with Crippen molar-refractivity contribution in [2.24, 2.45) is 0 Å². The van der Waals surface area contributed by atoms with Gasteiger partial charge in [-0.2, -0.15) is 13.2 Å². The summed E-state index contributed by atoms with van der Waals surface area (Å²) in [4.78, 5) is 2.05. The zero-order valence-electron chi connectivity index (χ0n) is 12.0. The number of hydrogen-bond donors (Lipinski definition) is 0. The lowest BCUT2D eigenvalue weighted by molar-refractivity contribution is -0.137. The molecule has 0 fully saturated rings. The fourth-order valence-corrected chi connectivity index (χ4v) is 2.18. The van der Waals surface area contributed by atoms with Gasteiger partial charge in [-0.3, -0.25) is 4.90 Å². The van der Waals surface area contributed by atoms with E-state index in [-0.39, 0.29) is 6.04 Å². The van der Waals surface area contributed by atoms with Crippen LogP contribution in [0.25, 0.3) is 0 Å². The van der Waals surface area contributed by atoms with Crippen molar-refractivity contribution in [3.05, 3.63) is 59.5 Å². The summed E-state index contributed by atoms with van der Waals surface area (Å²) in [6.07, 6.45) is -2.12. The Balaban J connectivity index is 2.00. The number of nitrogens with zero attached hydrogens (tertiary/aromatic N) is 1. The quantitative estimate of drug-likeness (QED) is 0.815. The highest BCUT2D eigenvalue weighted by Crippen LogP contribution is 2.29. The third kappa shape index (κ3) is 4.36. The van der Waals surface area contributed by atoms with Crippen LogP contribution in [0.2, 0.25) is 0 Å². The van der Waals surface area contributed by atoms with Gasteiger partial charge in [0.1, 0.15) is 5.76 Å². The molecule has 0 aliphatic carbocycles. The molecule has 5 heteroatoms. The topological polar surface area (TPSA) is 16.4 Å². The Morgan fingerprint density at radius 3 is 2.57 bits per heavy atom. The average Bonchev–Trinajstić information content (AvgIpc) is 2.91. The molecule has 114 valence electrons. The minimum atomic E-state index is -4.29. The van der Waals surface area contributed by atoms with E-state index in [2.05, 4.69) is 4.90 Å². The summed E-state index contributed by atoms with van der Waals surface area (Å²) >= 11 is 0. The first-order valence-corrected chi connectivity index (χ1v) is 6.75. The van der Waals surface area contributed by atoms with Crippen LogP contribution < -0.4 is 0 Å². The first-order valence-electron chi connectivity index (χ1n) is 6.75. The predicted molar refractivity (Wildman–Crippen MR) is 74.8 cm³/mol. The second-order valence-electron chi connectivity index (χ2n) is 5.25. The van der Waals surface area contributed by atoms with Crippen LogP contribution in [0.1, 0.15) is 23.8 Å². The fraction of sp³-hybridized carbons (Fsp3) is 0.375. The van der Waals surface area contributed by atoms with Crippen molar-refractivity contribution in [3.8, 4) is 0 Å². The molecule has 0 N–H and O–H groups in total. The lowest BCUT2D eigenvalue weighted by Gasteiger charge is -2.24. The molecule has 21 heavy (non-hydrogen) atoms. The molecule has 2 rings (SSSR count). The molecule has 0 radical (unpaired) electrons. The molecule has 0 saturated carbocycles. The minimum absolute atomic E-state index is 0.110. The Hall–Kier alpha value is -1.75. The smallest absolute Gasteiger partial charge is 0.416 e. The highest BCUT2D eigenvalue weighted by atomic mass is 19.4. The lowest BCUT2D eigenvalue weighted by atomic mass is 10.0. The van der Waals surface area contributed by atoms with Crippen LogP contribution >= 0.6 is 0 Å². The molecule has 0 aliphatic rings. The van der Waals surface area contributed by atoms with Gasteiger partial charge in [0.2, 0.25) is 0 Å². The van der Waals surface area contributed by atoms with Crippen LogP contribution in [0, 0.1) is 0 Å². The maximum atomic E-state index is 12.7. The summed E-state index contributed by atoms with van der Waals surface area (Å²) in [5, 5.41) is 0. The summed E-state index contributed by atoms with van der Waals surface area (Å²) in [7, 11) is 1.93. The Labute approximate surface area is 122 Å². The number of likely N-dealkylation sites (N-methyl/N-ethyl adjacent to an activating group) is 1. The first kappa shape index (κ1) is 15.6. The molecular weight excluding hydrogens is 279 g/mol. The Bertz CT molecular complexity index is 563. The third-order valence-corrected chi connectivity index (χ3v) is 3.52. The van der Waals surface area contributed by atoms with Gasteiger partial charge in [0, 0.05) is 6.04 Å². The van der Waals surface area contributed by atoms with E-state index < -0.39 is 11.7 Å². The average molecular weight is 297 g/mol. The van der Waals surface area contributed by atoms with Gasteiger partial charge < -0.3 is 4.42 Å². The van der Waals surface area contributed by atoms with Gasteiger partial charge in [-0.25, -0.2) is 0 Å². The summed E-state index contributed by atoms with van der Waals surface area (Å²) < 4.78 is 43.4. The third-order valence-electron chi connectivity index (χ3n) is 3.52. The van der Waals surface area contributed by atoms with Crippen LogP contribution in [0.3, 0.4) is 0 Å². The van der Waals surface area contributed by atoms with Crippen molar-refractivity contribution in [1.82, 2.24) is 4.90 Å². The van der Waals surface area contributed by atoms with Gasteiger partial charge in [0.15, 0.2) is 0 Å². The summed E-state index contributed by atoms with van der Waals surface area (Å²) in [5.41, 5.74) is 0.0875. The summed E-state index contributed by atoms with van der Waals surface area (Å²) in [6, 6.07) is 9.31.